The van der Waals surface area contributed by atoms with Crippen LogP contribution in [0.5, 0.6) is 0 Å². The molecule has 0 saturated heterocycles. The molecule has 2 aromatic heterocycles. The zero-order chi connectivity index (χ0) is 14.2. The van der Waals surface area contributed by atoms with E-state index in [9.17, 15) is 13.2 Å². The van der Waals surface area contributed by atoms with Gasteiger partial charge in [0.1, 0.15) is 11.5 Å². The lowest BCUT2D eigenvalue weighted by Crippen LogP contribution is -2.18. The van der Waals surface area contributed by atoms with Gasteiger partial charge in [0, 0.05) is 23.9 Å². The Hall–Kier alpha value is -2.15. The van der Waals surface area contributed by atoms with Gasteiger partial charge in [-0.15, -0.1) is 0 Å². The Labute approximate surface area is 116 Å². The number of fused-ring (bicyclic) bond motifs is 1. The summed E-state index contributed by atoms with van der Waals surface area (Å²) in [4.78, 5) is 16.1. The fourth-order valence-corrected chi connectivity index (χ4v) is 3.62. The Kier molecular flexibility index (Phi) is 3.06. The number of hydrogen-bond donors (Lipinski definition) is 1. The molecule has 1 N–H and O–H groups in total. The first-order valence-corrected chi connectivity index (χ1v) is 7.88. The molecule has 0 fully saturated rings. The highest BCUT2D eigenvalue weighted by Gasteiger charge is 2.24. The topological polar surface area (TPSA) is 80.5 Å². The number of aromatic nitrogens is 2. The molecule has 0 aliphatic carbocycles. The second-order valence-electron chi connectivity index (χ2n) is 4.74. The van der Waals surface area contributed by atoms with Crippen molar-refractivity contribution in [2.45, 2.75) is 6.42 Å². The molecule has 7 heteroatoms. The number of amides is 1. The Bertz CT molecular complexity index is 792. The van der Waals surface area contributed by atoms with Crippen LogP contribution in [-0.4, -0.2) is 29.5 Å². The van der Waals surface area contributed by atoms with E-state index in [0.717, 1.165) is 5.65 Å². The van der Waals surface area contributed by atoms with Crippen LogP contribution in [-0.2, 0) is 14.6 Å². The quantitative estimate of drug-likeness (QED) is 0.922. The minimum atomic E-state index is -3.12. The summed E-state index contributed by atoms with van der Waals surface area (Å²) >= 11 is 0. The largest absolute Gasteiger partial charge is 0.310 e. The Morgan fingerprint density at radius 1 is 1.45 bits per heavy atom. The van der Waals surface area contributed by atoms with Crippen LogP contribution in [0.15, 0.2) is 42.1 Å². The molecule has 1 aliphatic heterocycles. The summed E-state index contributed by atoms with van der Waals surface area (Å²) in [7, 11) is -3.12. The van der Waals surface area contributed by atoms with Crippen molar-refractivity contribution in [3.8, 4) is 0 Å². The molecule has 1 unspecified atom stereocenters. The monoisotopic (exact) mass is 291 g/mol. The van der Waals surface area contributed by atoms with Gasteiger partial charge < -0.3 is 5.32 Å². The highest BCUT2D eigenvalue weighted by atomic mass is 32.2. The number of hydrogen-bond acceptors (Lipinski definition) is 4. The minimum Gasteiger partial charge on any atom is -0.310 e. The molecule has 0 radical (unpaired) electrons. The van der Waals surface area contributed by atoms with Crippen LogP contribution in [0.25, 0.3) is 5.65 Å². The van der Waals surface area contributed by atoms with Gasteiger partial charge in [-0.3, -0.25) is 9.20 Å². The fourth-order valence-electron chi connectivity index (χ4n) is 2.22. The molecule has 2 aromatic rings. The molecular weight excluding hydrogens is 278 g/mol. The number of imidazole rings is 1. The summed E-state index contributed by atoms with van der Waals surface area (Å²) in [5, 5.41) is 3.93. The first kappa shape index (κ1) is 12.9. The smallest absolute Gasteiger partial charge is 0.226 e. The second-order valence-corrected chi connectivity index (χ2v) is 6.67. The van der Waals surface area contributed by atoms with Gasteiger partial charge in [0.05, 0.1) is 11.9 Å². The molecule has 104 valence electrons. The van der Waals surface area contributed by atoms with E-state index in [0.29, 0.717) is 5.82 Å². The van der Waals surface area contributed by atoms with E-state index in [-0.39, 0.29) is 24.0 Å². The SMILES string of the molecule is O=C(CC1C=CS(=O)(=O)C1)Nc1cnc2ccccn12. The van der Waals surface area contributed by atoms with E-state index < -0.39 is 9.84 Å². The molecular formula is C13H13N3O3S. The normalized spacial score (nSPS) is 20.3. The molecule has 0 spiro atoms. The summed E-state index contributed by atoms with van der Waals surface area (Å²) in [5.41, 5.74) is 0.742. The van der Waals surface area contributed by atoms with Gasteiger partial charge in [-0.2, -0.15) is 0 Å². The summed E-state index contributed by atoms with van der Waals surface area (Å²) in [6.45, 7) is 0. The van der Waals surface area contributed by atoms with Gasteiger partial charge in [0.25, 0.3) is 0 Å². The Balaban J connectivity index is 1.69. The van der Waals surface area contributed by atoms with Crippen molar-refractivity contribution in [2.24, 2.45) is 5.92 Å². The minimum absolute atomic E-state index is 0.00751. The first-order valence-electron chi connectivity index (χ1n) is 6.16. The van der Waals surface area contributed by atoms with Gasteiger partial charge in [0.2, 0.25) is 5.91 Å². The van der Waals surface area contributed by atoms with Crippen molar-refractivity contribution < 1.29 is 13.2 Å². The Morgan fingerprint density at radius 2 is 2.30 bits per heavy atom. The maximum atomic E-state index is 11.9. The standard InChI is InChI=1S/C13H13N3O3S/c17-13(7-10-4-6-20(18,19)9-10)15-12-8-14-11-3-1-2-5-16(11)12/h1-6,8,10H,7,9H2,(H,15,17). The van der Waals surface area contributed by atoms with Crippen molar-refractivity contribution in [3.05, 3.63) is 42.1 Å². The zero-order valence-corrected chi connectivity index (χ0v) is 11.4. The van der Waals surface area contributed by atoms with E-state index in [1.165, 1.54) is 5.41 Å². The average Bonchev–Trinajstić information content (AvgIpc) is 2.94. The zero-order valence-electron chi connectivity index (χ0n) is 10.6. The number of nitrogens with one attached hydrogen (secondary N) is 1. The van der Waals surface area contributed by atoms with Crippen LogP contribution in [0.4, 0.5) is 5.82 Å². The number of carbonyl (C=O) groups is 1. The van der Waals surface area contributed by atoms with Gasteiger partial charge in [0.15, 0.2) is 9.84 Å². The lowest BCUT2D eigenvalue weighted by Gasteiger charge is -2.07. The number of sulfone groups is 1. The van der Waals surface area contributed by atoms with Gasteiger partial charge in [-0.25, -0.2) is 13.4 Å². The summed E-state index contributed by atoms with van der Waals surface area (Å²) < 4.78 is 24.3. The predicted molar refractivity (Wildman–Crippen MR) is 74.9 cm³/mol. The van der Waals surface area contributed by atoms with Crippen LogP contribution >= 0.6 is 0 Å². The van der Waals surface area contributed by atoms with Crippen LogP contribution in [0.2, 0.25) is 0 Å². The van der Waals surface area contributed by atoms with E-state index in [4.69, 9.17) is 0 Å². The van der Waals surface area contributed by atoms with Crippen molar-refractivity contribution in [1.29, 1.82) is 0 Å². The van der Waals surface area contributed by atoms with Gasteiger partial charge in [-0.1, -0.05) is 12.1 Å². The van der Waals surface area contributed by atoms with E-state index in [1.54, 1.807) is 22.9 Å². The molecule has 1 amide bonds. The number of allylic oxidation sites excluding steroid dienone is 1. The number of anilines is 1. The molecule has 1 atom stereocenters. The third-order valence-electron chi connectivity index (χ3n) is 3.14. The van der Waals surface area contributed by atoms with Gasteiger partial charge in [-0.05, 0) is 12.1 Å². The van der Waals surface area contributed by atoms with E-state index >= 15 is 0 Å². The Morgan fingerprint density at radius 3 is 3.05 bits per heavy atom. The van der Waals surface area contributed by atoms with E-state index in [1.807, 2.05) is 18.2 Å². The molecule has 6 nitrogen and oxygen atoms in total. The molecule has 3 rings (SSSR count). The third kappa shape index (κ3) is 2.57. The third-order valence-corrected chi connectivity index (χ3v) is 4.60. The summed E-state index contributed by atoms with van der Waals surface area (Å²) in [6, 6.07) is 5.54. The predicted octanol–water partition coefficient (Wildman–Crippen LogP) is 1.22. The van der Waals surface area contributed by atoms with E-state index in [2.05, 4.69) is 10.3 Å². The fraction of sp³-hybridized carbons (Fsp3) is 0.231. The lowest BCUT2D eigenvalue weighted by molar-refractivity contribution is -0.116. The van der Waals surface area contributed by atoms with Crippen LogP contribution < -0.4 is 5.32 Å². The second kappa shape index (κ2) is 4.75. The van der Waals surface area contributed by atoms with Crippen molar-refractivity contribution >= 4 is 27.2 Å². The summed E-state index contributed by atoms with van der Waals surface area (Å²) in [5.74, 6) is 0.116. The van der Waals surface area contributed by atoms with Crippen LogP contribution in [0.1, 0.15) is 6.42 Å². The van der Waals surface area contributed by atoms with Gasteiger partial charge >= 0.3 is 0 Å². The molecule has 1 aliphatic rings. The lowest BCUT2D eigenvalue weighted by atomic mass is 10.1. The highest BCUT2D eigenvalue weighted by Crippen LogP contribution is 2.19. The van der Waals surface area contributed by atoms with Crippen molar-refractivity contribution in [2.75, 3.05) is 11.1 Å². The highest BCUT2D eigenvalue weighted by molar-refractivity contribution is 7.94. The number of carbonyl (C=O) groups excluding carboxylic acids is 1. The van der Waals surface area contributed by atoms with Crippen molar-refractivity contribution in [3.63, 3.8) is 0 Å². The maximum absolute atomic E-state index is 11.9. The molecule has 20 heavy (non-hydrogen) atoms. The number of rotatable bonds is 3. The van der Waals surface area contributed by atoms with Crippen molar-refractivity contribution in [1.82, 2.24) is 9.38 Å². The molecule has 0 aromatic carbocycles. The molecule has 3 heterocycles. The number of pyridine rings is 1. The average molecular weight is 291 g/mol. The molecule has 0 bridgehead atoms. The maximum Gasteiger partial charge on any atom is 0.226 e. The van der Waals surface area contributed by atoms with Crippen LogP contribution in [0, 0.1) is 5.92 Å². The van der Waals surface area contributed by atoms with Crippen LogP contribution in [0.3, 0.4) is 0 Å². The number of nitrogens with zero attached hydrogens (tertiary/aromatic N) is 2. The first-order chi connectivity index (χ1) is 9.53. The summed E-state index contributed by atoms with van der Waals surface area (Å²) in [6.07, 6.45) is 5.10. The molecule has 0 saturated carbocycles.